The molecule has 0 aromatic heterocycles. The van der Waals surface area contributed by atoms with Gasteiger partial charge in [-0.05, 0) is 30.3 Å². The lowest BCUT2D eigenvalue weighted by molar-refractivity contribution is -0.113. The molecule has 0 radical (unpaired) electrons. The summed E-state index contributed by atoms with van der Waals surface area (Å²) in [6, 6.07) is 24.0. The average molecular weight is 430 g/mol. The number of nitrogens with zero attached hydrogens (tertiary/aromatic N) is 1. The highest BCUT2D eigenvalue weighted by molar-refractivity contribution is 8.00. The SMILES string of the molecule is N#Cc1cccc(NC(=O)CSc2ccccc2C(=O)OCC(=O)c2ccccc2)c1. The van der Waals surface area contributed by atoms with Crippen molar-refractivity contribution >= 4 is 35.1 Å². The van der Waals surface area contributed by atoms with Gasteiger partial charge in [-0.25, -0.2) is 4.79 Å². The molecule has 0 saturated carbocycles. The number of carbonyl (C=O) groups excluding carboxylic acids is 3. The van der Waals surface area contributed by atoms with Gasteiger partial charge in [0.05, 0.1) is 22.9 Å². The number of Topliss-reactive ketones (excluding diaryl/α,β-unsaturated/α-hetero) is 1. The number of thioether (sulfide) groups is 1. The number of anilines is 1. The Morgan fingerprint density at radius 3 is 2.45 bits per heavy atom. The van der Waals surface area contributed by atoms with Crippen LogP contribution in [0.4, 0.5) is 5.69 Å². The van der Waals surface area contributed by atoms with Crippen molar-refractivity contribution in [2.45, 2.75) is 4.90 Å². The maximum Gasteiger partial charge on any atom is 0.339 e. The number of ether oxygens (including phenoxy) is 1. The molecule has 0 saturated heterocycles. The molecule has 0 atom stereocenters. The van der Waals surface area contributed by atoms with Gasteiger partial charge in [-0.15, -0.1) is 11.8 Å². The van der Waals surface area contributed by atoms with E-state index in [0.29, 0.717) is 21.7 Å². The van der Waals surface area contributed by atoms with Gasteiger partial charge in [-0.3, -0.25) is 9.59 Å². The summed E-state index contributed by atoms with van der Waals surface area (Å²) >= 11 is 1.18. The molecule has 0 aliphatic rings. The first-order chi connectivity index (χ1) is 15.1. The van der Waals surface area contributed by atoms with E-state index in [1.165, 1.54) is 11.8 Å². The van der Waals surface area contributed by atoms with Gasteiger partial charge in [0.15, 0.2) is 12.4 Å². The van der Waals surface area contributed by atoms with Crippen molar-refractivity contribution in [2.75, 3.05) is 17.7 Å². The second kappa shape index (κ2) is 10.8. The Hall–Kier alpha value is -3.89. The second-order valence-electron chi connectivity index (χ2n) is 6.39. The maximum absolute atomic E-state index is 12.5. The fraction of sp³-hybridized carbons (Fsp3) is 0.0833. The first-order valence-corrected chi connectivity index (χ1v) is 10.3. The molecule has 0 aliphatic carbocycles. The zero-order valence-corrected chi connectivity index (χ0v) is 17.2. The molecule has 0 aliphatic heterocycles. The summed E-state index contributed by atoms with van der Waals surface area (Å²) in [5, 5.41) is 11.7. The van der Waals surface area contributed by atoms with Crippen molar-refractivity contribution in [1.29, 1.82) is 5.26 Å². The smallest absolute Gasteiger partial charge is 0.339 e. The van der Waals surface area contributed by atoms with E-state index in [0.717, 1.165) is 0 Å². The fourth-order valence-electron chi connectivity index (χ4n) is 2.68. The molecule has 3 aromatic rings. The van der Waals surface area contributed by atoms with Crippen LogP contribution in [-0.2, 0) is 9.53 Å². The zero-order valence-electron chi connectivity index (χ0n) is 16.4. The second-order valence-corrected chi connectivity index (χ2v) is 7.41. The third kappa shape index (κ3) is 6.29. The van der Waals surface area contributed by atoms with Crippen LogP contribution in [0.5, 0.6) is 0 Å². The minimum Gasteiger partial charge on any atom is -0.454 e. The number of ketones is 1. The minimum absolute atomic E-state index is 0.0595. The van der Waals surface area contributed by atoms with Gasteiger partial charge in [0.1, 0.15) is 0 Å². The molecule has 0 spiro atoms. The highest BCUT2D eigenvalue weighted by Crippen LogP contribution is 2.24. The van der Waals surface area contributed by atoms with Crippen LogP contribution in [0.1, 0.15) is 26.3 Å². The summed E-state index contributed by atoms with van der Waals surface area (Å²) in [6.45, 7) is -0.364. The minimum atomic E-state index is -0.630. The third-order valence-electron chi connectivity index (χ3n) is 4.17. The van der Waals surface area contributed by atoms with Crippen molar-refractivity contribution in [2.24, 2.45) is 0 Å². The van der Waals surface area contributed by atoms with Crippen molar-refractivity contribution in [3.63, 3.8) is 0 Å². The van der Waals surface area contributed by atoms with E-state index in [1.807, 2.05) is 6.07 Å². The summed E-state index contributed by atoms with van der Waals surface area (Å²) in [5.74, 6) is -1.14. The number of benzene rings is 3. The Kier molecular flexibility index (Phi) is 7.57. The first-order valence-electron chi connectivity index (χ1n) is 9.34. The molecule has 3 aromatic carbocycles. The lowest BCUT2D eigenvalue weighted by Gasteiger charge is -2.10. The number of nitrogens with one attached hydrogen (secondary N) is 1. The summed E-state index contributed by atoms with van der Waals surface area (Å²) in [4.78, 5) is 37.5. The van der Waals surface area contributed by atoms with E-state index in [-0.39, 0.29) is 29.6 Å². The Morgan fingerprint density at radius 1 is 0.935 bits per heavy atom. The summed E-state index contributed by atoms with van der Waals surface area (Å²) in [7, 11) is 0. The van der Waals surface area contributed by atoms with Crippen LogP contribution < -0.4 is 5.32 Å². The Morgan fingerprint density at radius 2 is 1.68 bits per heavy atom. The molecule has 31 heavy (non-hydrogen) atoms. The highest BCUT2D eigenvalue weighted by atomic mass is 32.2. The van der Waals surface area contributed by atoms with Crippen molar-refractivity contribution in [1.82, 2.24) is 0 Å². The average Bonchev–Trinajstić information content (AvgIpc) is 2.81. The van der Waals surface area contributed by atoms with Crippen LogP contribution in [0.2, 0.25) is 0 Å². The number of nitriles is 1. The maximum atomic E-state index is 12.5. The van der Waals surface area contributed by atoms with Crippen LogP contribution in [0.15, 0.2) is 83.8 Å². The van der Waals surface area contributed by atoms with E-state index >= 15 is 0 Å². The van der Waals surface area contributed by atoms with Gasteiger partial charge in [0.25, 0.3) is 0 Å². The molecule has 0 bridgehead atoms. The summed E-state index contributed by atoms with van der Waals surface area (Å²) in [5.41, 5.74) is 1.73. The quantitative estimate of drug-likeness (QED) is 0.325. The van der Waals surface area contributed by atoms with Gasteiger partial charge >= 0.3 is 5.97 Å². The van der Waals surface area contributed by atoms with Gasteiger partial charge in [0, 0.05) is 16.1 Å². The number of carbonyl (C=O) groups is 3. The number of esters is 1. The van der Waals surface area contributed by atoms with Gasteiger partial charge in [0.2, 0.25) is 5.91 Å². The van der Waals surface area contributed by atoms with Crippen molar-refractivity contribution in [3.05, 3.63) is 95.6 Å². The fourth-order valence-corrected chi connectivity index (χ4v) is 3.52. The Labute approximate surface area is 183 Å². The zero-order chi connectivity index (χ0) is 22.1. The Bertz CT molecular complexity index is 1140. The van der Waals surface area contributed by atoms with Crippen LogP contribution in [0.3, 0.4) is 0 Å². The van der Waals surface area contributed by atoms with Gasteiger partial charge in [-0.1, -0.05) is 48.5 Å². The molecule has 1 N–H and O–H groups in total. The summed E-state index contributed by atoms with van der Waals surface area (Å²) < 4.78 is 5.18. The predicted molar refractivity (Wildman–Crippen MR) is 118 cm³/mol. The Balaban J connectivity index is 1.58. The lowest BCUT2D eigenvalue weighted by atomic mass is 10.1. The molecule has 0 heterocycles. The molecule has 0 fully saturated rings. The third-order valence-corrected chi connectivity index (χ3v) is 5.24. The van der Waals surface area contributed by atoms with Crippen molar-refractivity contribution < 1.29 is 19.1 Å². The molecule has 0 unspecified atom stereocenters. The van der Waals surface area contributed by atoms with Crippen LogP contribution in [0, 0.1) is 11.3 Å². The number of amides is 1. The van der Waals surface area contributed by atoms with Gasteiger partial charge < -0.3 is 10.1 Å². The van der Waals surface area contributed by atoms with E-state index in [4.69, 9.17) is 10.00 Å². The molecule has 3 rings (SSSR count). The topological polar surface area (TPSA) is 96.3 Å². The summed E-state index contributed by atoms with van der Waals surface area (Å²) in [6.07, 6.45) is 0. The molecule has 6 nitrogen and oxygen atoms in total. The lowest BCUT2D eigenvalue weighted by Crippen LogP contribution is -2.16. The highest BCUT2D eigenvalue weighted by Gasteiger charge is 2.16. The number of rotatable bonds is 8. The monoisotopic (exact) mass is 430 g/mol. The van der Waals surface area contributed by atoms with Gasteiger partial charge in [-0.2, -0.15) is 5.26 Å². The van der Waals surface area contributed by atoms with E-state index < -0.39 is 5.97 Å². The molecule has 154 valence electrons. The van der Waals surface area contributed by atoms with E-state index in [1.54, 1.807) is 78.9 Å². The molecule has 7 heteroatoms. The predicted octanol–water partition coefficient (Wildman–Crippen LogP) is 4.33. The van der Waals surface area contributed by atoms with E-state index in [2.05, 4.69) is 5.32 Å². The standard InChI is InChI=1S/C24H18N2O4S/c25-14-17-7-6-10-19(13-17)26-23(28)16-31-22-12-5-4-11-20(22)24(29)30-15-21(27)18-8-2-1-3-9-18/h1-13H,15-16H2,(H,26,28). The number of hydrogen-bond donors (Lipinski definition) is 1. The van der Waals surface area contributed by atoms with E-state index in [9.17, 15) is 14.4 Å². The van der Waals surface area contributed by atoms with Crippen LogP contribution in [0.25, 0.3) is 0 Å². The molecular weight excluding hydrogens is 412 g/mol. The first kappa shape index (κ1) is 21.8. The van der Waals surface area contributed by atoms with Crippen molar-refractivity contribution in [3.8, 4) is 6.07 Å². The number of hydrogen-bond acceptors (Lipinski definition) is 6. The normalized spacial score (nSPS) is 10.0. The largest absolute Gasteiger partial charge is 0.454 e. The molecular formula is C24H18N2O4S. The van der Waals surface area contributed by atoms with Crippen LogP contribution >= 0.6 is 11.8 Å². The molecule has 1 amide bonds. The van der Waals surface area contributed by atoms with Crippen LogP contribution in [-0.4, -0.2) is 30.0 Å².